The van der Waals surface area contributed by atoms with E-state index in [1.165, 1.54) is 77.7 Å². The van der Waals surface area contributed by atoms with Crippen LogP contribution in [0.1, 0.15) is 35.1 Å². The largest absolute Gasteiger partial charge is 0.310 e. The van der Waals surface area contributed by atoms with Crippen molar-refractivity contribution in [3.63, 3.8) is 0 Å². The minimum Gasteiger partial charge on any atom is -0.310 e. The second kappa shape index (κ2) is 14.5. The SMILES string of the molecule is C=C/C=C(\C=C)c1ccc(N2c3ccccc3Cc3cc(-c4ccc(-n5c6ccc(C7=CCCC=C7)cc6c6cc(-c7ccccc7)ccc65)cc4)ccc32)cc1. The van der Waals surface area contributed by atoms with Crippen molar-refractivity contribution in [2.24, 2.45) is 0 Å². The van der Waals surface area contributed by atoms with Gasteiger partial charge in [-0.15, -0.1) is 0 Å². The standard InChI is InChI=1S/C55H42N2/c1-3-13-38(4-2)41-20-27-48(28-21-41)56-52-19-12-11-18-46(52)35-47-34-43(24-31-53(47)56)42-22-29-49(30-23-42)57-54-32-25-44(39-14-7-5-8-15-39)36-50(54)51-37-45(26-33-55(51)57)40-16-9-6-10-17-40/h3-5,7-9,11-34,36-37H,1-2,6,10,35H2/b38-13+. The molecule has 1 aliphatic heterocycles. The first-order valence-electron chi connectivity index (χ1n) is 19.8. The molecule has 57 heavy (non-hydrogen) atoms. The molecule has 2 nitrogen and oxygen atoms in total. The number of hydrogen-bond donors (Lipinski definition) is 0. The molecule has 1 aromatic heterocycles. The summed E-state index contributed by atoms with van der Waals surface area (Å²) < 4.78 is 2.43. The number of aromatic nitrogens is 1. The second-order valence-corrected chi connectivity index (χ2v) is 14.9. The van der Waals surface area contributed by atoms with Crippen LogP contribution in [-0.2, 0) is 6.42 Å². The molecule has 8 aromatic rings. The molecule has 7 aromatic carbocycles. The van der Waals surface area contributed by atoms with Gasteiger partial charge in [0.05, 0.1) is 11.0 Å². The molecular weight excluding hydrogens is 689 g/mol. The van der Waals surface area contributed by atoms with E-state index < -0.39 is 0 Å². The molecule has 0 amide bonds. The molecule has 0 fully saturated rings. The van der Waals surface area contributed by atoms with Crippen LogP contribution in [0.5, 0.6) is 0 Å². The van der Waals surface area contributed by atoms with E-state index in [1.54, 1.807) is 0 Å². The smallest absolute Gasteiger partial charge is 0.0541 e. The summed E-state index contributed by atoms with van der Waals surface area (Å²) in [7, 11) is 0. The van der Waals surface area contributed by atoms with Crippen molar-refractivity contribution in [3.05, 3.63) is 230 Å². The average molecular weight is 731 g/mol. The number of allylic oxidation sites excluding steroid dienone is 8. The van der Waals surface area contributed by atoms with Crippen molar-refractivity contribution >= 4 is 50.0 Å². The van der Waals surface area contributed by atoms with Gasteiger partial charge in [-0.1, -0.05) is 141 Å². The summed E-state index contributed by atoms with van der Waals surface area (Å²) in [6.07, 6.45) is 15.7. The van der Waals surface area contributed by atoms with E-state index in [0.29, 0.717) is 0 Å². The van der Waals surface area contributed by atoms with Gasteiger partial charge in [-0.3, -0.25) is 0 Å². The molecule has 0 N–H and O–H groups in total. The summed E-state index contributed by atoms with van der Waals surface area (Å²) >= 11 is 0. The van der Waals surface area contributed by atoms with Crippen molar-refractivity contribution in [3.8, 4) is 27.9 Å². The summed E-state index contributed by atoms with van der Waals surface area (Å²) in [5.41, 5.74) is 19.4. The Morgan fingerprint density at radius 3 is 1.89 bits per heavy atom. The quantitative estimate of drug-likeness (QED) is 0.141. The zero-order chi connectivity index (χ0) is 38.3. The Hall–Kier alpha value is -7.16. The van der Waals surface area contributed by atoms with Gasteiger partial charge in [0.15, 0.2) is 0 Å². The highest BCUT2D eigenvalue weighted by Gasteiger charge is 2.24. The van der Waals surface area contributed by atoms with Crippen molar-refractivity contribution in [2.45, 2.75) is 19.3 Å². The molecule has 0 saturated carbocycles. The molecule has 0 spiro atoms. The van der Waals surface area contributed by atoms with Crippen LogP contribution in [0.15, 0.2) is 207 Å². The van der Waals surface area contributed by atoms with Gasteiger partial charge in [-0.05, 0) is 135 Å². The van der Waals surface area contributed by atoms with Gasteiger partial charge in [-0.2, -0.15) is 0 Å². The molecule has 0 saturated heterocycles. The Morgan fingerprint density at radius 2 is 1.16 bits per heavy atom. The normalized spacial score (nSPS) is 13.6. The van der Waals surface area contributed by atoms with E-state index in [2.05, 4.69) is 199 Å². The van der Waals surface area contributed by atoms with Crippen LogP contribution in [0.4, 0.5) is 17.1 Å². The zero-order valence-corrected chi connectivity index (χ0v) is 31.9. The molecule has 0 bridgehead atoms. The number of fused-ring (bicyclic) bond motifs is 5. The summed E-state index contributed by atoms with van der Waals surface area (Å²) in [6, 6.07) is 58.2. The number of nitrogens with zero attached hydrogens (tertiary/aromatic N) is 2. The zero-order valence-electron chi connectivity index (χ0n) is 31.9. The minimum atomic E-state index is 0.885. The lowest BCUT2D eigenvalue weighted by molar-refractivity contribution is 1.04. The Kier molecular flexibility index (Phi) is 8.73. The lowest BCUT2D eigenvalue weighted by Gasteiger charge is -2.34. The predicted molar refractivity (Wildman–Crippen MR) is 244 cm³/mol. The maximum Gasteiger partial charge on any atom is 0.0541 e. The van der Waals surface area contributed by atoms with Crippen LogP contribution in [0.25, 0.3) is 60.9 Å². The van der Waals surface area contributed by atoms with Gasteiger partial charge in [0, 0.05) is 39.9 Å². The number of para-hydroxylation sites is 1. The third-order valence-electron chi connectivity index (χ3n) is 11.6. The van der Waals surface area contributed by atoms with Crippen LogP contribution < -0.4 is 4.90 Å². The minimum absolute atomic E-state index is 0.885. The highest BCUT2D eigenvalue weighted by Crippen LogP contribution is 2.45. The average Bonchev–Trinajstić information content (AvgIpc) is 3.61. The summed E-state index contributed by atoms with van der Waals surface area (Å²) in [6.45, 7) is 7.87. The van der Waals surface area contributed by atoms with Crippen LogP contribution >= 0.6 is 0 Å². The third-order valence-corrected chi connectivity index (χ3v) is 11.6. The highest BCUT2D eigenvalue weighted by molar-refractivity contribution is 6.11. The number of benzene rings is 7. The highest BCUT2D eigenvalue weighted by atomic mass is 15.2. The van der Waals surface area contributed by atoms with Gasteiger partial charge < -0.3 is 9.47 Å². The van der Waals surface area contributed by atoms with Gasteiger partial charge >= 0.3 is 0 Å². The first-order valence-corrected chi connectivity index (χ1v) is 19.8. The summed E-state index contributed by atoms with van der Waals surface area (Å²) in [5, 5.41) is 2.54. The molecule has 2 heteroatoms. The molecular formula is C55H42N2. The van der Waals surface area contributed by atoms with Crippen LogP contribution in [0.3, 0.4) is 0 Å². The van der Waals surface area contributed by atoms with E-state index in [1.807, 2.05) is 18.2 Å². The van der Waals surface area contributed by atoms with E-state index in [9.17, 15) is 0 Å². The monoisotopic (exact) mass is 730 g/mol. The Bertz CT molecular complexity index is 2930. The Balaban J connectivity index is 1.03. The summed E-state index contributed by atoms with van der Waals surface area (Å²) in [5.74, 6) is 0. The molecule has 0 atom stereocenters. The van der Waals surface area contributed by atoms with Gasteiger partial charge in [-0.25, -0.2) is 0 Å². The fourth-order valence-corrected chi connectivity index (χ4v) is 8.75. The molecule has 0 radical (unpaired) electrons. The predicted octanol–water partition coefficient (Wildman–Crippen LogP) is 15.0. The van der Waals surface area contributed by atoms with Crippen LogP contribution in [-0.4, -0.2) is 4.57 Å². The van der Waals surface area contributed by atoms with E-state index in [0.717, 1.165) is 41.8 Å². The maximum absolute atomic E-state index is 4.00. The molecule has 272 valence electrons. The maximum atomic E-state index is 4.00. The molecule has 2 heterocycles. The summed E-state index contributed by atoms with van der Waals surface area (Å²) in [4.78, 5) is 2.40. The molecule has 1 aliphatic carbocycles. The van der Waals surface area contributed by atoms with E-state index in [-0.39, 0.29) is 0 Å². The molecule has 0 unspecified atom stereocenters. The lowest BCUT2D eigenvalue weighted by Crippen LogP contribution is -2.18. The van der Waals surface area contributed by atoms with Crippen molar-refractivity contribution in [1.29, 1.82) is 0 Å². The fraction of sp³-hybridized carbons (Fsp3) is 0.0545. The van der Waals surface area contributed by atoms with Crippen LogP contribution in [0, 0.1) is 0 Å². The lowest BCUT2D eigenvalue weighted by atomic mass is 9.92. The number of anilines is 3. The van der Waals surface area contributed by atoms with Crippen LogP contribution in [0.2, 0.25) is 0 Å². The van der Waals surface area contributed by atoms with Gasteiger partial charge in [0.1, 0.15) is 0 Å². The van der Waals surface area contributed by atoms with E-state index in [4.69, 9.17) is 0 Å². The Labute approximate surface area is 335 Å². The third kappa shape index (κ3) is 6.16. The molecule has 10 rings (SSSR count). The molecule has 2 aliphatic rings. The fourth-order valence-electron chi connectivity index (χ4n) is 8.75. The van der Waals surface area contributed by atoms with E-state index >= 15 is 0 Å². The number of rotatable bonds is 8. The topological polar surface area (TPSA) is 8.17 Å². The van der Waals surface area contributed by atoms with Crippen molar-refractivity contribution in [2.75, 3.05) is 4.90 Å². The second-order valence-electron chi connectivity index (χ2n) is 14.9. The number of hydrogen-bond acceptors (Lipinski definition) is 1. The first kappa shape index (κ1) is 34.3. The van der Waals surface area contributed by atoms with Crippen molar-refractivity contribution in [1.82, 2.24) is 4.57 Å². The van der Waals surface area contributed by atoms with Crippen molar-refractivity contribution < 1.29 is 0 Å². The Morgan fingerprint density at radius 1 is 0.526 bits per heavy atom. The van der Waals surface area contributed by atoms with Gasteiger partial charge in [0.25, 0.3) is 0 Å². The van der Waals surface area contributed by atoms with Gasteiger partial charge in [0.2, 0.25) is 0 Å². The first-order chi connectivity index (χ1) is 28.2.